The molecule has 0 saturated heterocycles. The average Bonchev–Trinajstić information content (AvgIpc) is 2.61. The van der Waals surface area contributed by atoms with Crippen LogP contribution in [-0.4, -0.2) is 0 Å². The van der Waals surface area contributed by atoms with Crippen LogP contribution in [0.3, 0.4) is 0 Å². The van der Waals surface area contributed by atoms with Gasteiger partial charge in [0.05, 0.1) is 0 Å². The molecule has 1 spiro atoms. The summed E-state index contributed by atoms with van der Waals surface area (Å²) in [5.74, 6) is 0. The fourth-order valence-corrected chi connectivity index (χ4v) is 3.52. The van der Waals surface area contributed by atoms with E-state index in [1.54, 1.807) is 0 Å². The molecule has 0 nitrogen and oxygen atoms in total. The van der Waals surface area contributed by atoms with E-state index in [-0.39, 0.29) is 0 Å². The molecular formula is C16H34. The third-order valence-corrected chi connectivity index (χ3v) is 4.10. The Bertz CT molecular complexity index is 161. The molecule has 98 valence electrons. The lowest BCUT2D eigenvalue weighted by Crippen LogP contribution is -2.21. The molecule has 2 fully saturated rings. The molecule has 2 aliphatic carbocycles. The summed E-state index contributed by atoms with van der Waals surface area (Å²) in [5.41, 5.74) is 1.47. The molecule has 0 unspecified atom stereocenters. The maximum atomic E-state index is 2.45. The van der Waals surface area contributed by atoms with E-state index >= 15 is 0 Å². The number of hydrogen-bond donors (Lipinski definition) is 0. The van der Waals surface area contributed by atoms with E-state index in [0.29, 0.717) is 5.41 Å². The van der Waals surface area contributed by atoms with Crippen LogP contribution >= 0.6 is 0 Å². The van der Waals surface area contributed by atoms with Gasteiger partial charge in [0, 0.05) is 0 Å². The maximum Gasteiger partial charge on any atom is -0.0292 e. The van der Waals surface area contributed by atoms with Gasteiger partial charge in [-0.05, 0) is 42.9 Å². The zero-order valence-corrected chi connectivity index (χ0v) is 12.7. The van der Waals surface area contributed by atoms with Crippen LogP contribution in [0.4, 0.5) is 0 Å². The van der Waals surface area contributed by atoms with Crippen LogP contribution in [0.5, 0.6) is 0 Å². The first kappa shape index (κ1) is 16.0. The topological polar surface area (TPSA) is 0 Å². The fraction of sp³-hybridized carbons (Fsp3) is 1.00. The molecule has 0 aliphatic heterocycles. The monoisotopic (exact) mass is 226 g/mol. The van der Waals surface area contributed by atoms with E-state index in [1.165, 1.54) is 51.4 Å². The van der Waals surface area contributed by atoms with Gasteiger partial charge in [0.25, 0.3) is 0 Å². The van der Waals surface area contributed by atoms with E-state index in [9.17, 15) is 0 Å². The average molecular weight is 226 g/mol. The highest BCUT2D eigenvalue weighted by Crippen LogP contribution is 2.55. The van der Waals surface area contributed by atoms with Crippen molar-refractivity contribution in [1.82, 2.24) is 0 Å². The molecule has 16 heavy (non-hydrogen) atoms. The highest BCUT2D eigenvalue weighted by molar-refractivity contribution is 4.94. The van der Waals surface area contributed by atoms with Crippen LogP contribution in [0.15, 0.2) is 0 Å². The Morgan fingerprint density at radius 3 is 1.50 bits per heavy atom. The second-order valence-electron chi connectivity index (χ2n) is 5.90. The molecule has 2 rings (SSSR count). The molecule has 0 bridgehead atoms. The summed E-state index contributed by atoms with van der Waals surface area (Å²) in [6.07, 6.45) is 12.1. The molecule has 2 aliphatic rings. The molecule has 2 saturated carbocycles. The van der Waals surface area contributed by atoms with Gasteiger partial charge in [-0.3, -0.25) is 0 Å². The summed E-state index contributed by atoms with van der Waals surface area (Å²) in [6.45, 7) is 12.9. The van der Waals surface area contributed by atoms with Gasteiger partial charge < -0.3 is 0 Å². The highest BCUT2D eigenvalue weighted by atomic mass is 14.5. The zero-order valence-electron chi connectivity index (χ0n) is 12.7. The van der Waals surface area contributed by atoms with Crippen molar-refractivity contribution in [3.8, 4) is 0 Å². The Kier molecular flexibility index (Phi) is 7.35. The van der Waals surface area contributed by atoms with Gasteiger partial charge in [0.2, 0.25) is 0 Å². The van der Waals surface area contributed by atoms with Crippen LogP contribution in [-0.2, 0) is 0 Å². The Hall–Kier alpha value is 0. The van der Waals surface area contributed by atoms with Crippen molar-refractivity contribution >= 4 is 0 Å². The quantitative estimate of drug-likeness (QED) is 0.461. The van der Waals surface area contributed by atoms with Gasteiger partial charge in [0.15, 0.2) is 0 Å². The smallest absolute Gasteiger partial charge is 0.0292 e. The van der Waals surface area contributed by atoms with Gasteiger partial charge in [-0.25, -0.2) is 0 Å². The van der Waals surface area contributed by atoms with Gasteiger partial charge in [-0.1, -0.05) is 60.8 Å². The first-order valence-corrected chi connectivity index (χ1v) is 7.62. The zero-order chi connectivity index (χ0) is 12.7. The van der Waals surface area contributed by atoms with Gasteiger partial charge in [0.1, 0.15) is 0 Å². The molecule has 0 amide bonds. The molecule has 0 heterocycles. The van der Waals surface area contributed by atoms with E-state index < -0.39 is 0 Å². The Morgan fingerprint density at radius 2 is 1.12 bits per heavy atom. The van der Waals surface area contributed by atoms with Gasteiger partial charge in [-0.15, -0.1) is 0 Å². The first-order valence-electron chi connectivity index (χ1n) is 7.62. The summed E-state index contributed by atoms with van der Waals surface area (Å²) < 4.78 is 0. The van der Waals surface area contributed by atoms with Crippen molar-refractivity contribution in [2.75, 3.05) is 0 Å². The van der Waals surface area contributed by atoms with Crippen LogP contribution in [0.1, 0.15) is 92.9 Å². The molecule has 0 atom stereocenters. The van der Waals surface area contributed by atoms with E-state index in [1.807, 2.05) is 27.7 Å². The lowest BCUT2D eigenvalue weighted by atomic mass is 9.71. The van der Waals surface area contributed by atoms with Crippen molar-refractivity contribution in [1.29, 1.82) is 0 Å². The standard InChI is InChI=1S/C12H22.2C2H6/c1-11(2)8-9-12(10-11)6-4-3-5-7-12;2*1-2/h3-10H2,1-2H3;2*1-2H3. The van der Waals surface area contributed by atoms with E-state index in [4.69, 9.17) is 0 Å². The van der Waals surface area contributed by atoms with Crippen LogP contribution in [0.25, 0.3) is 0 Å². The van der Waals surface area contributed by atoms with Crippen molar-refractivity contribution in [2.24, 2.45) is 10.8 Å². The molecular weight excluding hydrogens is 192 g/mol. The predicted molar refractivity (Wildman–Crippen MR) is 75.8 cm³/mol. The highest BCUT2D eigenvalue weighted by Gasteiger charge is 2.43. The minimum Gasteiger partial charge on any atom is -0.0683 e. The fourth-order valence-electron chi connectivity index (χ4n) is 3.52. The largest absolute Gasteiger partial charge is 0.0683 e. The molecule has 0 radical (unpaired) electrons. The summed E-state index contributed by atoms with van der Waals surface area (Å²) in [7, 11) is 0. The maximum absolute atomic E-state index is 2.45. The summed E-state index contributed by atoms with van der Waals surface area (Å²) in [6, 6.07) is 0. The summed E-state index contributed by atoms with van der Waals surface area (Å²) >= 11 is 0. The van der Waals surface area contributed by atoms with Crippen molar-refractivity contribution < 1.29 is 0 Å². The summed E-state index contributed by atoms with van der Waals surface area (Å²) in [4.78, 5) is 0. The third kappa shape index (κ3) is 4.47. The SMILES string of the molecule is CC.CC.CC1(C)CCC2(CCCCC2)C1. The second-order valence-corrected chi connectivity index (χ2v) is 5.90. The Morgan fingerprint density at radius 1 is 0.625 bits per heavy atom. The van der Waals surface area contributed by atoms with Crippen molar-refractivity contribution in [3.63, 3.8) is 0 Å². The lowest BCUT2D eigenvalue weighted by molar-refractivity contribution is 0.175. The van der Waals surface area contributed by atoms with E-state index in [0.717, 1.165) is 5.41 Å². The van der Waals surface area contributed by atoms with Crippen molar-refractivity contribution in [3.05, 3.63) is 0 Å². The Labute approximate surface area is 104 Å². The van der Waals surface area contributed by atoms with Gasteiger partial charge >= 0.3 is 0 Å². The molecule has 0 N–H and O–H groups in total. The van der Waals surface area contributed by atoms with Crippen LogP contribution in [0.2, 0.25) is 0 Å². The predicted octanol–water partition coefficient (Wildman–Crippen LogP) is 6.20. The lowest BCUT2D eigenvalue weighted by Gasteiger charge is -2.34. The molecule has 0 aromatic carbocycles. The first-order chi connectivity index (χ1) is 7.62. The van der Waals surface area contributed by atoms with Crippen molar-refractivity contribution in [2.45, 2.75) is 92.9 Å². The minimum atomic E-state index is 0.664. The number of rotatable bonds is 0. The normalized spacial score (nSPS) is 25.1. The molecule has 0 aromatic rings. The second kappa shape index (κ2) is 7.35. The molecule has 0 aromatic heterocycles. The molecule has 0 heteroatoms. The Balaban J connectivity index is 0.000000509. The third-order valence-electron chi connectivity index (χ3n) is 4.10. The van der Waals surface area contributed by atoms with E-state index in [2.05, 4.69) is 13.8 Å². The number of hydrogen-bond acceptors (Lipinski definition) is 0. The van der Waals surface area contributed by atoms with Gasteiger partial charge in [-0.2, -0.15) is 0 Å². The minimum absolute atomic E-state index is 0.664. The summed E-state index contributed by atoms with van der Waals surface area (Å²) in [5, 5.41) is 0. The van der Waals surface area contributed by atoms with Crippen LogP contribution < -0.4 is 0 Å². The van der Waals surface area contributed by atoms with Crippen LogP contribution in [0, 0.1) is 10.8 Å².